The predicted molar refractivity (Wildman–Crippen MR) is 106 cm³/mol. The van der Waals surface area contributed by atoms with Gasteiger partial charge in [-0.3, -0.25) is 4.98 Å². The van der Waals surface area contributed by atoms with E-state index >= 15 is 0 Å². The molecule has 0 N–H and O–H groups in total. The van der Waals surface area contributed by atoms with Gasteiger partial charge in [-0.2, -0.15) is 0 Å². The Kier molecular flexibility index (Phi) is 3.97. The maximum atomic E-state index is 4.31. The van der Waals surface area contributed by atoms with Crippen LogP contribution in [0.5, 0.6) is 0 Å². The van der Waals surface area contributed by atoms with Gasteiger partial charge in [0.2, 0.25) is 0 Å². The van der Waals surface area contributed by atoms with E-state index in [-0.39, 0.29) is 0 Å². The fourth-order valence-corrected chi connectivity index (χ4v) is 3.93. The Hall–Kier alpha value is -2.39. The molecular formula is C22H25N3. The molecule has 1 aliphatic heterocycles. The second-order valence-electron chi connectivity index (χ2n) is 7.31. The van der Waals surface area contributed by atoms with Crippen LogP contribution in [0.2, 0.25) is 0 Å². The zero-order chi connectivity index (χ0) is 17.6. The molecule has 0 fully saturated rings. The predicted octanol–water partition coefficient (Wildman–Crippen LogP) is 4.66. The quantitative estimate of drug-likeness (QED) is 0.681. The molecule has 4 rings (SSSR count). The molecule has 0 amide bonds. The summed E-state index contributed by atoms with van der Waals surface area (Å²) in [6, 6.07) is 8.89. The van der Waals surface area contributed by atoms with Crippen LogP contribution in [-0.2, 0) is 13.0 Å². The number of hydrogen-bond acceptors (Lipinski definition) is 2. The van der Waals surface area contributed by atoms with Crippen LogP contribution in [0.25, 0.3) is 22.7 Å². The SMILES string of the molecule is C/C(=C/n1c2c(c3cc(C)ccc31)CN(C)CC2)c1cnccc1C. The van der Waals surface area contributed by atoms with E-state index in [1.165, 1.54) is 44.4 Å². The average molecular weight is 331 g/mol. The van der Waals surface area contributed by atoms with Crippen molar-refractivity contribution in [3.8, 4) is 0 Å². The summed E-state index contributed by atoms with van der Waals surface area (Å²) in [4.78, 5) is 6.72. The van der Waals surface area contributed by atoms with Crippen molar-refractivity contribution in [1.82, 2.24) is 14.5 Å². The van der Waals surface area contributed by atoms with E-state index in [4.69, 9.17) is 0 Å². The normalized spacial score (nSPS) is 15.6. The molecule has 0 aliphatic carbocycles. The van der Waals surface area contributed by atoms with Crippen molar-refractivity contribution in [1.29, 1.82) is 0 Å². The summed E-state index contributed by atoms with van der Waals surface area (Å²) in [5, 5.41) is 1.40. The van der Waals surface area contributed by atoms with Crippen LogP contribution in [0.3, 0.4) is 0 Å². The maximum Gasteiger partial charge on any atom is 0.0529 e. The maximum absolute atomic E-state index is 4.31. The fraction of sp³-hybridized carbons (Fsp3) is 0.318. The van der Waals surface area contributed by atoms with Gasteiger partial charge in [-0.1, -0.05) is 11.6 Å². The summed E-state index contributed by atoms with van der Waals surface area (Å²) in [7, 11) is 2.21. The van der Waals surface area contributed by atoms with Crippen molar-refractivity contribution in [3.63, 3.8) is 0 Å². The van der Waals surface area contributed by atoms with Gasteiger partial charge < -0.3 is 9.47 Å². The lowest BCUT2D eigenvalue weighted by molar-refractivity contribution is 0.312. The molecule has 128 valence electrons. The number of benzene rings is 1. The van der Waals surface area contributed by atoms with E-state index < -0.39 is 0 Å². The molecule has 3 heteroatoms. The molecule has 3 nitrogen and oxygen atoms in total. The highest BCUT2D eigenvalue weighted by molar-refractivity contribution is 5.90. The number of fused-ring (bicyclic) bond motifs is 3. The molecule has 1 aliphatic rings. The lowest BCUT2D eigenvalue weighted by Gasteiger charge is -2.23. The molecule has 3 heterocycles. The minimum Gasteiger partial charge on any atom is -0.320 e. The van der Waals surface area contributed by atoms with Gasteiger partial charge in [-0.15, -0.1) is 0 Å². The van der Waals surface area contributed by atoms with Gasteiger partial charge >= 0.3 is 0 Å². The van der Waals surface area contributed by atoms with Crippen LogP contribution in [0.1, 0.15) is 34.9 Å². The molecular weight excluding hydrogens is 306 g/mol. The first kappa shape index (κ1) is 16.1. The molecule has 0 radical (unpaired) electrons. The minimum atomic E-state index is 1.03. The number of hydrogen-bond donors (Lipinski definition) is 0. The number of nitrogens with zero attached hydrogens (tertiary/aromatic N) is 3. The zero-order valence-corrected chi connectivity index (χ0v) is 15.5. The van der Waals surface area contributed by atoms with Gasteiger partial charge in [-0.25, -0.2) is 0 Å². The molecule has 0 unspecified atom stereocenters. The molecule has 0 spiro atoms. The summed E-state index contributed by atoms with van der Waals surface area (Å²) in [5.74, 6) is 0. The van der Waals surface area contributed by atoms with Crippen molar-refractivity contribution >= 4 is 22.7 Å². The Balaban J connectivity index is 1.93. The summed E-state index contributed by atoms with van der Waals surface area (Å²) in [6.07, 6.45) is 7.22. The van der Waals surface area contributed by atoms with E-state index in [9.17, 15) is 0 Å². The van der Waals surface area contributed by atoms with Gasteiger partial charge in [0.05, 0.1) is 5.52 Å². The van der Waals surface area contributed by atoms with Crippen molar-refractivity contribution in [2.45, 2.75) is 33.7 Å². The van der Waals surface area contributed by atoms with Gasteiger partial charge in [-0.05, 0) is 62.7 Å². The zero-order valence-electron chi connectivity index (χ0n) is 15.5. The van der Waals surface area contributed by atoms with Crippen molar-refractivity contribution in [2.24, 2.45) is 0 Å². The third kappa shape index (κ3) is 2.79. The van der Waals surface area contributed by atoms with E-state index in [1.54, 1.807) is 0 Å². The standard InChI is InChI=1S/C22H25N3/c1-15-5-6-21-18(11-15)20-14-24(4)10-8-22(20)25(21)13-17(3)19-12-23-9-7-16(19)2/h5-7,9,11-13H,8,10,14H2,1-4H3/b17-13-. The summed E-state index contributed by atoms with van der Waals surface area (Å²) < 4.78 is 2.42. The fourth-order valence-electron chi connectivity index (χ4n) is 3.93. The van der Waals surface area contributed by atoms with E-state index in [2.05, 4.69) is 72.7 Å². The Bertz CT molecular complexity index is 978. The van der Waals surface area contributed by atoms with Crippen LogP contribution in [0, 0.1) is 13.8 Å². The lowest BCUT2D eigenvalue weighted by atomic mass is 10.0. The third-order valence-corrected chi connectivity index (χ3v) is 5.32. The van der Waals surface area contributed by atoms with Crippen molar-refractivity contribution < 1.29 is 0 Å². The molecule has 25 heavy (non-hydrogen) atoms. The number of allylic oxidation sites excluding steroid dienone is 1. The number of likely N-dealkylation sites (N-methyl/N-ethyl adjacent to an activating group) is 1. The molecule has 3 aromatic rings. The largest absolute Gasteiger partial charge is 0.320 e. The van der Waals surface area contributed by atoms with Crippen molar-refractivity contribution in [3.05, 3.63) is 64.6 Å². The molecule has 0 saturated heterocycles. The van der Waals surface area contributed by atoms with Gasteiger partial charge in [0.25, 0.3) is 0 Å². The minimum absolute atomic E-state index is 1.03. The highest BCUT2D eigenvalue weighted by Gasteiger charge is 2.21. The molecule has 0 atom stereocenters. The Morgan fingerprint density at radius 1 is 1.20 bits per heavy atom. The Morgan fingerprint density at radius 3 is 2.84 bits per heavy atom. The third-order valence-electron chi connectivity index (χ3n) is 5.32. The van der Waals surface area contributed by atoms with Gasteiger partial charge in [0, 0.05) is 54.7 Å². The van der Waals surface area contributed by atoms with E-state index in [0.717, 1.165) is 19.5 Å². The van der Waals surface area contributed by atoms with Crippen LogP contribution < -0.4 is 0 Å². The highest BCUT2D eigenvalue weighted by atomic mass is 15.1. The molecule has 0 saturated carbocycles. The van der Waals surface area contributed by atoms with E-state index in [1.807, 2.05) is 12.4 Å². The summed E-state index contributed by atoms with van der Waals surface area (Å²) >= 11 is 0. The second-order valence-corrected chi connectivity index (χ2v) is 7.31. The Labute approximate surface area is 149 Å². The van der Waals surface area contributed by atoms with Crippen LogP contribution in [0.15, 0.2) is 36.7 Å². The van der Waals surface area contributed by atoms with Gasteiger partial charge in [0.1, 0.15) is 0 Å². The first-order chi connectivity index (χ1) is 12.0. The smallest absolute Gasteiger partial charge is 0.0529 e. The van der Waals surface area contributed by atoms with Crippen molar-refractivity contribution in [2.75, 3.05) is 13.6 Å². The first-order valence-corrected chi connectivity index (χ1v) is 8.95. The van der Waals surface area contributed by atoms with Crippen LogP contribution >= 0.6 is 0 Å². The number of aryl methyl sites for hydroxylation is 2. The second kappa shape index (κ2) is 6.16. The number of pyridine rings is 1. The number of rotatable bonds is 2. The first-order valence-electron chi connectivity index (χ1n) is 8.95. The van der Waals surface area contributed by atoms with Crippen LogP contribution in [0.4, 0.5) is 0 Å². The summed E-state index contributed by atoms with van der Waals surface area (Å²) in [6.45, 7) is 8.65. The van der Waals surface area contributed by atoms with Gasteiger partial charge in [0.15, 0.2) is 0 Å². The lowest BCUT2D eigenvalue weighted by Crippen LogP contribution is -2.26. The summed E-state index contributed by atoms with van der Waals surface area (Å²) in [5.41, 5.74) is 9.32. The topological polar surface area (TPSA) is 21.1 Å². The average Bonchev–Trinajstić information content (AvgIpc) is 2.88. The molecule has 1 aromatic carbocycles. The number of aromatic nitrogens is 2. The Morgan fingerprint density at radius 2 is 2.04 bits per heavy atom. The van der Waals surface area contributed by atoms with Crippen LogP contribution in [-0.4, -0.2) is 28.0 Å². The molecule has 0 bridgehead atoms. The highest BCUT2D eigenvalue weighted by Crippen LogP contribution is 2.32. The monoisotopic (exact) mass is 331 g/mol. The van der Waals surface area contributed by atoms with E-state index in [0.29, 0.717) is 0 Å². The molecule has 2 aromatic heterocycles.